The second-order valence-electron chi connectivity index (χ2n) is 6.27. The molecule has 4 atom stereocenters. The van der Waals surface area contributed by atoms with Crippen LogP contribution in [0.15, 0.2) is 0 Å². The van der Waals surface area contributed by atoms with Crippen LogP contribution in [-0.4, -0.2) is 36.1 Å². The van der Waals surface area contributed by atoms with Gasteiger partial charge in [-0.1, -0.05) is 27.7 Å². The number of rotatable bonds is 5. The third-order valence-electron chi connectivity index (χ3n) is 4.46. The predicted molar refractivity (Wildman–Crippen MR) is 76.3 cm³/mol. The molecule has 2 heteroatoms. The van der Waals surface area contributed by atoms with Crippen LogP contribution in [0.3, 0.4) is 0 Å². The Hall–Kier alpha value is -0.0800. The van der Waals surface area contributed by atoms with E-state index in [9.17, 15) is 0 Å². The summed E-state index contributed by atoms with van der Waals surface area (Å²) in [5, 5.41) is 3.64. The summed E-state index contributed by atoms with van der Waals surface area (Å²) >= 11 is 0. The van der Waals surface area contributed by atoms with Crippen LogP contribution >= 0.6 is 0 Å². The molecular weight excluding hydrogens is 208 g/mol. The van der Waals surface area contributed by atoms with Gasteiger partial charge in [-0.2, -0.15) is 0 Å². The van der Waals surface area contributed by atoms with Crippen LogP contribution in [0.4, 0.5) is 0 Å². The lowest BCUT2D eigenvalue weighted by atomic mass is 9.85. The van der Waals surface area contributed by atoms with Gasteiger partial charge in [-0.15, -0.1) is 0 Å². The molecule has 0 amide bonds. The van der Waals surface area contributed by atoms with Gasteiger partial charge in [0.1, 0.15) is 0 Å². The smallest absolute Gasteiger partial charge is 0.0120 e. The molecule has 17 heavy (non-hydrogen) atoms. The lowest BCUT2D eigenvalue weighted by molar-refractivity contribution is 0.0459. The number of hydrogen-bond acceptors (Lipinski definition) is 2. The Morgan fingerprint density at radius 2 is 1.88 bits per heavy atom. The average Bonchev–Trinajstić information content (AvgIpc) is 2.24. The van der Waals surface area contributed by atoms with Gasteiger partial charge in [0, 0.05) is 24.7 Å². The predicted octanol–water partition coefficient (Wildman–Crippen LogP) is 3.13. The number of nitrogens with zero attached hydrogens (tertiary/aromatic N) is 1. The molecule has 0 aliphatic carbocycles. The van der Waals surface area contributed by atoms with Crippen molar-refractivity contribution in [2.45, 2.75) is 72.5 Å². The van der Waals surface area contributed by atoms with Gasteiger partial charge in [0.15, 0.2) is 0 Å². The maximum atomic E-state index is 3.64. The molecule has 102 valence electrons. The molecule has 0 bridgehead atoms. The van der Waals surface area contributed by atoms with Gasteiger partial charge in [-0.05, 0) is 45.1 Å². The van der Waals surface area contributed by atoms with E-state index in [-0.39, 0.29) is 0 Å². The topological polar surface area (TPSA) is 15.3 Å². The highest BCUT2D eigenvalue weighted by molar-refractivity contribution is 4.90. The Morgan fingerprint density at radius 3 is 2.41 bits per heavy atom. The fraction of sp³-hybridized carbons (Fsp3) is 1.00. The van der Waals surface area contributed by atoms with Crippen LogP contribution in [0.2, 0.25) is 0 Å². The van der Waals surface area contributed by atoms with E-state index in [2.05, 4.69) is 51.8 Å². The lowest BCUT2D eigenvalue weighted by Crippen LogP contribution is -2.55. The fourth-order valence-corrected chi connectivity index (χ4v) is 3.38. The first-order chi connectivity index (χ1) is 7.97. The maximum absolute atomic E-state index is 3.64. The van der Waals surface area contributed by atoms with Crippen LogP contribution in [0.25, 0.3) is 0 Å². The molecule has 0 aromatic carbocycles. The summed E-state index contributed by atoms with van der Waals surface area (Å²) in [7, 11) is 0. The number of hydrogen-bond donors (Lipinski definition) is 1. The molecule has 0 spiro atoms. The second kappa shape index (κ2) is 6.75. The molecule has 1 saturated heterocycles. The van der Waals surface area contributed by atoms with Crippen molar-refractivity contribution in [2.24, 2.45) is 11.8 Å². The Labute approximate surface area is 108 Å². The second-order valence-corrected chi connectivity index (χ2v) is 6.27. The molecule has 0 radical (unpaired) electrons. The summed E-state index contributed by atoms with van der Waals surface area (Å²) in [6, 6.07) is 2.16. The van der Waals surface area contributed by atoms with Crippen molar-refractivity contribution in [3.05, 3.63) is 0 Å². The summed E-state index contributed by atoms with van der Waals surface area (Å²) in [4.78, 5) is 2.72. The summed E-state index contributed by atoms with van der Waals surface area (Å²) in [5.74, 6) is 1.57. The van der Waals surface area contributed by atoms with Crippen LogP contribution in [0, 0.1) is 11.8 Å². The number of piperidine rings is 1. The van der Waals surface area contributed by atoms with Gasteiger partial charge >= 0.3 is 0 Å². The first kappa shape index (κ1) is 15.0. The zero-order valence-electron chi connectivity index (χ0n) is 12.7. The molecule has 1 aliphatic heterocycles. The van der Waals surface area contributed by atoms with Crippen LogP contribution < -0.4 is 5.32 Å². The van der Waals surface area contributed by atoms with Crippen molar-refractivity contribution in [1.82, 2.24) is 10.2 Å². The number of likely N-dealkylation sites (tertiary alicyclic amines) is 1. The van der Waals surface area contributed by atoms with Crippen LogP contribution in [0.5, 0.6) is 0 Å². The average molecular weight is 240 g/mol. The molecule has 0 aromatic heterocycles. The van der Waals surface area contributed by atoms with Crippen molar-refractivity contribution in [1.29, 1.82) is 0 Å². The molecule has 4 unspecified atom stereocenters. The number of nitrogens with one attached hydrogen (secondary N) is 1. The van der Waals surface area contributed by atoms with E-state index < -0.39 is 0 Å². The maximum Gasteiger partial charge on any atom is 0.0120 e. The van der Waals surface area contributed by atoms with Crippen molar-refractivity contribution >= 4 is 0 Å². The van der Waals surface area contributed by atoms with Crippen LogP contribution in [-0.2, 0) is 0 Å². The highest BCUT2D eigenvalue weighted by atomic mass is 15.2. The van der Waals surface area contributed by atoms with Gasteiger partial charge < -0.3 is 5.32 Å². The minimum Gasteiger partial charge on any atom is -0.314 e. The van der Waals surface area contributed by atoms with Gasteiger partial charge in [-0.3, -0.25) is 4.90 Å². The Kier molecular flexibility index (Phi) is 5.94. The molecule has 0 aromatic rings. The molecule has 1 fully saturated rings. The minimum atomic E-state index is 0.710. The molecule has 1 rings (SSSR count). The van der Waals surface area contributed by atoms with E-state index in [0.717, 1.165) is 30.5 Å². The van der Waals surface area contributed by atoms with E-state index in [0.29, 0.717) is 6.04 Å². The SMILES string of the molecule is CCNC1CCN(C(C)CC(C)C)C(C)C1C. The largest absolute Gasteiger partial charge is 0.314 e. The first-order valence-corrected chi connectivity index (χ1v) is 7.46. The summed E-state index contributed by atoms with van der Waals surface area (Å²) in [5.41, 5.74) is 0. The van der Waals surface area contributed by atoms with Gasteiger partial charge in [-0.25, -0.2) is 0 Å². The first-order valence-electron chi connectivity index (χ1n) is 7.46. The summed E-state index contributed by atoms with van der Waals surface area (Å²) < 4.78 is 0. The van der Waals surface area contributed by atoms with E-state index in [4.69, 9.17) is 0 Å². The van der Waals surface area contributed by atoms with Crippen molar-refractivity contribution in [2.75, 3.05) is 13.1 Å². The van der Waals surface area contributed by atoms with Crippen molar-refractivity contribution in [3.8, 4) is 0 Å². The van der Waals surface area contributed by atoms with E-state index in [1.54, 1.807) is 0 Å². The highest BCUT2D eigenvalue weighted by Crippen LogP contribution is 2.27. The minimum absolute atomic E-state index is 0.710. The zero-order chi connectivity index (χ0) is 13.0. The summed E-state index contributed by atoms with van der Waals surface area (Å²) in [6.45, 7) is 16.4. The van der Waals surface area contributed by atoms with Gasteiger partial charge in [0.05, 0.1) is 0 Å². The van der Waals surface area contributed by atoms with Crippen molar-refractivity contribution in [3.63, 3.8) is 0 Å². The standard InChI is InChI=1S/C15H32N2/c1-7-16-15-8-9-17(14(6)13(15)5)12(4)10-11(2)3/h11-16H,7-10H2,1-6H3. The molecule has 1 heterocycles. The van der Waals surface area contributed by atoms with Crippen molar-refractivity contribution < 1.29 is 0 Å². The van der Waals surface area contributed by atoms with E-state index in [1.807, 2.05) is 0 Å². The normalized spacial score (nSPS) is 33.0. The third-order valence-corrected chi connectivity index (χ3v) is 4.46. The molecule has 1 aliphatic rings. The fourth-order valence-electron chi connectivity index (χ4n) is 3.38. The molecule has 0 saturated carbocycles. The highest BCUT2D eigenvalue weighted by Gasteiger charge is 2.33. The third kappa shape index (κ3) is 3.96. The Bertz CT molecular complexity index is 215. The monoisotopic (exact) mass is 240 g/mol. The zero-order valence-corrected chi connectivity index (χ0v) is 12.7. The van der Waals surface area contributed by atoms with E-state index in [1.165, 1.54) is 19.4 Å². The lowest BCUT2D eigenvalue weighted by Gasteiger charge is -2.46. The summed E-state index contributed by atoms with van der Waals surface area (Å²) in [6.07, 6.45) is 2.63. The van der Waals surface area contributed by atoms with Gasteiger partial charge in [0.2, 0.25) is 0 Å². The van der Waals surface area contributed by atoms with Gasteiger partial charge in [0.25, 0.3) is 0 Å². The molecule has 1 N–H and O–H groups in total. The Morgan fingerprint density at radius 1 is 1.24 bits per heavy atom. The molecular formula is C15H32N2. The van der Waals surface area contributed by atoms with Crippen LogP contribution in [0.1, 0.15) is 54.4 Å². The Balaban J connectivity index is 2.55. The van der Waals surface area contributed by atoms with E-state index >= 15 is 0 Å². The molecule has 2 nitrogen and oxygen atoms in total. The quantitative estimate of drug-likeness (QED) is 0.794.